The lowest BCUT2D eigenvalue weighted by atomic mass is 9.89. The number of hydrogen-bond donors (Lipinski definition) is 1. The minimum atomic E-state index is -0.227. The van der Waals surface area contributed by atoms with Gasteiger partial charge >= 0.3 is 0 Å². The van der Waals surface area contributed by atoms with Crippen LogP contribution in [0.1, 0.15) is 36.3 Å². The second-order valence-electron chi connectivity index (χ2n) is 5.13. The molecule has 5 nitrogen and oxygen atoms in total. The van der Waals surface area contributed by atoms with Gasteiger partial charge in [-0.15, -0.1) is 0 Å². The Bertz CT molecular complexity index is 461. The molecule has 0 aliphatic heterocycles. The Morgan fingerprint density at radius 1 is 1.53 bits per heavy atom. The molecule has 0 fully saturated rings. The molecule has 5 heteroatoms. The molecule has 1 amide bonds. The van der Waals surface area contributed by atoms with Gasteiger partial charge in [-0.25, -0.2) is 4.98 Å². The van der Waals surface area contributed by atoms with Gasteiger partial charge in [-0.1, -0.05) is 13.8 Å². The molecule has 0 bridgehead atoms. The number of amides is 1. The number of methoxy groups -OCH3 is 1. The fourth-order valence-electron chi connectivity index (χ4n) is 1.47. The molecule has 1 aromatic rings. The SMILES string of the molecule is COCCC(C)(C)CNC(=O)c1ccc(C#N)cn1. The molecule has 0 aliphatic carbocycles. The van der Waals surface area contributed by atoms with E-state index in [9.17, 15) is 4.79 Å². The number of carbonyl (C=O) groups excluding carboxylic acids is 1. The molecular weight excluding hydrogens is 242 g/mol. The van der Waals surface area contributed by atoms with Crippen LogP contribution in [-0.4, -0.2) is 31.2 Å². The normalized spacial score (nSPS) is 10.8. The van der Waals surface area contributed by atoms with Crippen molar-refractivity contribution in [3.8, 4) is 6.07 Å². The number of hydrogen-bond acceptors (Lipinski definition) is 4. The van der Waals surface area contributed by atoms with Crippen LogP contribution in [0.5, 0.6) is 0 Å². The first-order valence-electron chi connectivity index (χ1n) is 6.12. The maximum absolute atomic E-state index is 11.9. The van der Waals surface area contributed by atoms with Crippen LogP contribution in [0.2, 0.25) is 0 Å². The van der Waals surface area contributed by atoms with Crippen LogP contribution >= 0.6 is 0 Å². The molecule has 0 spiro atoms. The summed E-state index contributed by atoms with van der Waals surface area (Å²) in [5.74, 6) is -0.227. The molecule has 1 rings (SSSR count). The van der Waals surface area contributed by atoms with Crippen LogP contribution < -0.4 is 5.32 Å². The average molecular weight is 261 g/mol. The molecule has 0 saturated carbocycles. The van der Waals surface area contributed by atoms with Crippen molar-refractivity contribution in [2.45, 2.75) is 20.3 Å². The lowest BCUT2D eigenvalue weighted by Crippen LogP contribution is -2.35. The zero-order chi connectivity index (χ0) is 14.3. The summed E-state index contributed by atoms with van der Waals surface area (Å²) < 4.78 is 5.04. The van der Waals surface area contributed by atoms with E-state index in [0.717, 1.165) is 6.42 Å². The first-order chi connectivity index (χ1) is 8.98. The van der Waals surface area contributed by atoms with Gasteiger partial charge in [0.05, 0.1) is 5.56 Å². The van der Waals surface area contributed by atoms with Crippen molar-refractivity contribution in [1.82, 2.24) is 10.3 Å². The molecule has 0 aromatic carbocycles. The van der Waals surface area contributed by atoms with Gasteiger partial charge in [-0.3, -0.25) is 4.79 Å². The number of ether oxygens (including phenoxy) is 1. The standard InChI is InChI=1S/C14H19N3O2/c1-14(2,6-7-19-3)10-17-13(18)12-5-4-11(8-15)9-16-12/h4-5,9H,6-7,10H2,1-3H3,(H,17,18). The summed E-state index contributed by atoms with van der Waals surface area (Å²) in [7, 11) is 1.66. The summed E-state index contributed by atoms with van der Waals surface area (Å²) in [6, 6.07) is 5.10. The fourth-order valence-corrected chi connectivity index (χ4v) is 1.47. The summed E-state index contributed by atoms with van der Waals surface area (Å²) in [5, 5.41) is 11.5. The Morgan fingerprint density at radius 3 is 2.79 bits per heavy atom. The minimum absolute atomic E-state index is 0.0295. The minimum Gasteiger partial charge on any atom is -0.385 e. The Labute approximate surface area is 113 Å². The molecule has 1 heterocycles. The maximum Gasteiger partial charge on any atom is 0.269 e. The van der Waals surface area contributed by atoms with Gasteiger partial charge < -0.3 is 10.1 Å². The third-order valence-corrected chi connectivity index (χ3v) is 2.84. The van der Waals surface area contributed by atoms with E-state index >= 15 is 0 Å². The third kappa shape index (κ3) is 5.06. The predicted molar refractivity (Wildman–Crippen MR) is 71.6 cm³/mol. The fraction of sp³-hybridized carbons (Fsp3) is 0.500. The van der Waals surface area contributed by atoms with Crippen molar-refractivity contribution in [2.75, 3.05) is 20.3 Å². The molecule has 1 N–H and O–H groups in total. The lowest BCUT2D eigenvalue weighted by Gasteiger charge is -2.24. The summed E-state index contributed by atoms with van der Waals surface area (Å²) in [4.78, 5) is 15.8. The highest BCUT2D eigenvalue weighted by Crippen LogP contribution is 2.18. The Morgan fingerprint density at radius 2 is 2.26 bits per heavy atom. The van der Waals surface area contributed by atoms with Gasteiger partial charge in [0, 0.05) is 26.5 Å². The quantitative estimate of drug-likeness (QED) is 0.846. The van der Waals surface area contributed by atoms with Crippen LogP contribution in [0.4, 0.5) is 0 Å². The van der Waals surface area contributed by atoms with Gasteiger partial charge in [0.25, 0.3) is 5.91 Å². The van der Waals surface area contributed by atoms with Crippen molar-refractivity contribution >= 4 is 5.91 Å². The number of aromatic nitrogens is 1. The van der Waals surface area contributed by atoms with E-state index in [1.54, 1.807) is 19.2 Å². The smallest absolute Gasteiger partial charge is 0.269 e. The highest BCUT2D eigenvalue weighted by atomic mass is 16.5. The Balaban J connectivity index is 2.53. The van der Waals surface area contributed by atoms with E-state index in [-0.39, 0.29) is 11.3 Å². The van der Waals surface area contributed by atoms with E-state index in [2.05, 4.69) is 24.1 Å². The maximum atomic E-state index is 11.9. The van der Waals surface area contributed by atoms with Crippen LogP contribution in [0, 0.1) is 16.7 Å². The average Bonchev–Trinajstić information content (AvgIpc) is 2.43. The highest BCUT2D eigenvalue weighted by Gasteiger charge is 2.19. The predicted octanol–water partition coefficient (Wildman–Crippen LogP) is 1.75. The lowest BCUT2D eigenvalue weighted by molar-refractivity contribution is 0.0916. The number of nitrogens with zero attached hydrogens (tertiary/aromatic N) is 2. The zero-order valence-electron chi connectivity index (χ0n) is 11.6. The van der Waals surface area contributed by atoms with Gasteiger partial charge in [-0.2, -0.15) is 5.26 Å². The number of pyridine rings is 1. The first-order valence-corrected chi connectivity index (χ1v) is 6.12. The molecular formula is C14H19N3O2. The Hall–Kier alpha value is -1.93. The Kier molecular flexibility index (Phi) is 5.46. The molecule has 0 unspecified atom stereocenters. The summed E-state index contributed by atoms with van der Waals surface area (Å²) in [6.07, 6.45) is 2.26. The number of nitrogens with one attached hydrogen (secondary N) is 1. The summed E-state index contributed by atoms with van der Waals surface area (Å²) in [5.41, 5.74) is 0.733. The van der Waals surface area contributed by atoms with E-state index in [1.165, 1.54) is 6.20 Å². The summed E-state index contributed by atoms with van der Waals surface area (Å²) >= 11 is 0. The van der Waals surface area contributed by atoms with Crippen molar-refractivity contribution < 1.29 is 9.53 Å². The molecule has 0 aliphatic rings. The summed E-state index contributed by atoms with van der Waals surface area (Å²) in [6.45, 7) is 5.35. The van der Waals surface area contributed by atoms with E-state index < -0.39 is 0 Å². The van der Waals surface area contributed by atoms with Crippen molar-refractivity contribution in [1.29, 1.82) is 5.26 Å². The monoisotopic (exact) mass is 261 g/mol. The topological polar surface area (TPSA) is 75.0 Å². The van der Waals surface area contributed by atoms with Crippen LogP contribution in [0.3, 0.4) is 0 Å². The van der Waals surface area contributed by atoms with E-state index in [0.29, 0.717) is 24.4 Å². The number of rotatable bonds is 6. The second kappa shape index (κ2) is 6.86. The van der Waals surface area contributed by atoms with Gasteiger partial charge in [0.2, 0.25) is 0 Å². The third-order valence-electron chi connectivity index (χ3n) is 2.84. The largest absolute Gasteiger partial charge is 0.385 e. The number of nitriles is 1. The molecule has 0 radical (unpaired) electrons. The molecule has 1 aromatic heterocycles. The molecule has 0 saturated heterocycles. The van der Waals surface area contributed by atoms with Crippen LogP contribution in [0.15, 0.2) is 18.3 Å². The van der Waals surface area contributed by atoms with Crippen molar-refractivity contribution in [3.05, 3.63) is 29.6 Å². The first kappa shape index (κ1) is 15.1. The second-order valence-corrected chi connectivity index (χ2v) is 5.13. The van der Waals surface area contributed by atoms with Gasteiger partial charge in [0.15, 0.2) is 0 Å². The highest BCUT2D eigenvalue weighted by molar-refractivity contribution is 5.92. The molecule has 0 atom stereocenters. The van der Waals surface area contributed by atoms with E-state index in [1.807, 2.05) is 6.07 Å². The zero-order valence-corrected chi connectivity index (χ0v) is 11.6. The van der Waals surface area contributed by atoms with Crippen molar-refractivity contribution in [2.24, 2.45) is 5.41 Å². The molecule has 19 heavy (non-hydrogen) atoms. The van der Waals surface area contributed by atoms with E-state index in [4.69, 9.17) is 10.00 Å². The van der Waals surface area contributed by atoms with Crippen LogP contribution in [0.25, 0.3) is 0 Å². The van der Waals surface area contributed by atoms with Gasteiger partial charge in [-0.05, 0) is 24.0 Å². The number of carbonyl (C=O) groups is 1. The van der Waals surface area contributed by atoms with Crippen LogP contribution in [-0.2, 0) is 4.74 Å². The van der Waals surface area contributed by atoms with Gasteiger partial charge in [0.1, 0.15) is 11.8 Å². The molecule has 102 valence electrons. The van der Waals surface area contributed by atoms with Crippen molar-refractivity contribution in [3.63, 3.8) is 0 Å².